The first-order chi connectivity index (χ1) is 16.5. The number of hydrogen-bond acceptors (Lipinski definition) is 7. The number of rotatable bonds is 7. The van der Waals surface area contributed by atoms with Gasteiger partial charge in [-0.1, -0.05) is 6.07 Å². The number of aromatic nitrogens is 5. The quantitative estimate of drug-likeness (QED) is 0.449. The molecule has 0 unspecified atom stereocenters. The minimum absolute atomic E-state index is 0.312. The van der Waals surface area contributed by atoms with Crippen LogP contribution in [0.25, 0.3) is 16.6 Å². The maximum absolute atomic E-state index is 14.9. The van der Waals surface area contributed by atoms with Gasteiger partial charge in [-0.15, -0.1) is 5.10 Å². The van der Waals surface area contributed by atoms with E-state index in [0.717, 1.165) is 59.9 Å². The van der Waals surface area contributed by atoms with Crippen LogP contribution in [0.5, 0.6) is 5.75 Å². The van der Waals surface area contributed by atoms with E-state index in [-0.39, 0.29) is 5.82 Å². The van der Waals surface area contributed by atoms with Crippen LogP contribution in [0.4, 0.5) is 10.2 Å². The molecule has 9 heteroatoms. The number of ether oxygens (including phenoxy) is 1. The van der Waals surface area contributed by atoms with Crippen molar-refractivity contribution in [3.63, 3.8) is 0 Å². The van der Waals surface area contributed by atoms with Crippen molar-refractivity contribution in [1.29, 1.82) is 0 Å². The van der Waals surface area contributed by atoms with Gasteiger partial charge in [0.1, 0.15) is 17.0 Å². The van der Waals surface area contributed by atoms with E-state index in [9.17, 15) is 4.39 Å². The average Bonchev–Trinajstić information content (AvgIpc) is 3.44. The summed E-state index contributed by atoms with van der Waals surface area (Å²) in [5.74, 6) is 0.845. The van der Waals surface area contributed by atoms with E-state index in [1.165, 1.54) is 6.07 Å². The van der Waals surface area contributed by atoms with Crippen LogP contribution < -0.4 is 15.0 Å². The lowest BCUT2D eigenvalue weighted by molar-refractivity contribution is 0.338. The number of benzene rings is 1. The number of nitrogens with one attached hydrogen (secondary N) is 1. The molecule has 176 valence electrons. The molecular formula is C25H28FN7O. The second-order valence-corrected chi connectivity index (χ2v) is 8.51. The molecule has 0 saturated carbocycles. The summed E-state index contributed by atoms with van der Waals surface area (Å²) in [4.78, 5) is 6.59. The van der Waals surface area contributed by atoms with E-state index >= 15 is 0 Å². The first kappa shape index (κ1) is 22.2. The molecule has 1 aliphatic heterocycles. The molecule has 3 aromatic heterocycles. The molecule has 0 radical (unpaired) electrons. The molecule has 5 rings (SSSR count). The number of nitrogens with zero attached hydrogens (tertiary/aromatic N) is 6. The molecular weight excluding hydrogens is 433 g/mol. The Hall–Kier alpha value is -3.59. The SMILES string of the molecule is CCOc1ccc(-n2nc3c(N4CC[C@H](NCc5ccccn5)C4)nnc(C)c3c2C)c(F)c1. The van der Waals surface area contributed by atoms with Gasteiger partial charge in [-0.2, -0.15) is 10.2 Å². The highest BCUT2D eigenvalue weighted by Gasteiger charge is 2.27. The standard InChI is InChI=1S/C25H28FN7O/c1-4-34-20-8-9-22(21(26)13-20)33-17(3)23-16(2)29-30-25(24(23)31-33)32-12-10-19(15-32)28-14-18-7-5-6-11-27-18/h5-9,11,13,19,28H,4,10,12,14-15H2,1-3H3/t19-/m0/s1. The first-order valence-electron chi connectivity index (χ1n) is 11.6. The van der Waals surface area contributed by atoms with Gasteiger partial charge >= 0.3 is 0 Å². The predicted molar refractivity (Wildman–Crippen MR) is 129 cm³/mol. The van der Waals surface area contributed by atoms with Crippen molar-refractivity contribution in [3.8, 4) is 11.4 Å². The van der Waals surface area contributed by atoms with Crippen LogP contribution in [0, 0.1) is 19.7 Å². The van der Waals surface area contributed by atoms with Gasteiger partial charge in [0.2, 0.25) is 0 Å². The number of halogens is 1. The summed E-state index contributed by atoms with van der Waals surface area (Å²) in [6.45, 7) is 8.56. The zero-order valence-electron chi connectivity index (χ0n) is 19.6. The minimum atomic E-state index is -0.387. The third kappa shape index (κ3) is 4.19. The summed E-state index contributed by atoms with van der Waals surface area (Å²) in [7, 11) is 0. The van der Waals surface area contributed by atoms with Crippen LogP contribution in [0.3, 0.4) is 0 Å². The summed E-state index contributed by atoms with van der Waals surface area (Å²) in [5, 5.41) is 18.2. The Labute approximate surface area is 197 Å². The van der Waals surface area contributed by atoms with E-state index in [0.29, 0.717) is 24.1 Å². The van der Waals surface area contributed by atoms with E-state index in [1.54, 1.807) is 16.8 Å². The third-order valence-corrected chi connectivity index (χ3v) is 6.23. The fourth-order valence-electron chi connectivity index (χ4n) is 4.55. The molecule has 1 atom stereocenters. The summed E-state index contributed by atoms with van der Waals surface area (Å²) < 4.78 is 22.0. The van der Waals surface area contributed by atoms with Gasteiger partial charge in [0.15, 0.2) is 11.6 Å². The Kier molecular flexibility index (Phi) is 6.10. The molecule has 1 aliphatic rings. The Morgan fingerprint density at radius 2 is 2.06 bits per heavy atom. The van der Waals surface area contributed by atoms with Gasteiger partial charge in [0.05, 0.1) is 29.1 Å². The van der Waals surface area contributed by atoms with Gasteiger partial charge in [-0.25, -0.2) is 9.07 Å². The molecule has 1 saturated heterocycles. The van der Waals surface area contributed by atoms with Crippen molar-refractivity contribution in [2.24, 2.45) is 0 Å². The smallest absolute Gasteiger partial charge is 0.179 e. The van der Waals surface area contributed by atoms with Crippen molar-refractivity contribution in [3.05, 3.63) is 65.5 Å². The first-order valence-corrected chi connectivity index (χ1v) is 11.6. The molecule has 8 nitrogen and oxygen atoms in total. The topological polar surface area (TPSA) is 81.0 Å². The van der Waals surface area contributed by atoms with E-state index in [4.69, 9.17) is 9.84 Å². The average molecular weight is 462 g/mol. The van der Waals surface area contributed by atoms with Crippen molar-refractivity contribution >= 4 is 16.7 Å². The zero-order chi connectivity index (χ0) is 23.7. The van der Waals surface area contributed by atoms with Crippen LogP contribution in [0.15, 0.2) is 42.6 Å². The predicted octanol–water partition coefficient (Wildman–Crippen LogP) is 3.73. The summed E-state index contributed by atoms with van der Waals surface area (Å²) >= 11 is 0. The highest BCUT2D eigenvalue weighted by atomic mass is 19.1. The van der Waals surface area contributed by atoms with Gasteiger partial charge in [0, 0.05) is 37.9 Å². The Morgan fingerprint density at radius 1 is 1.18 bits per heavy atom. The number of aryl methyl sites for hydroxylation is 2. The summed E-state index contributed by atoms with van der Waals surface area (Å²) in [6.07, 6.45) is 2.79. The Bertz CT molecular complexity index is 1310. The molecule has 1 fully saturated rings. The lowest BCUT2D eigenvalue weighted by Gasteiger charge is -2.18. The highest BCUT2D eigenvalue weighted by molar-refractivity contribution is 5.92. The van der Waals surface area contributed by atoms with Gasteiger partial charge in [-0.05, 0) is 51.5 Å². The normalized spacial score (nSPS) is 15.9. The number of fused-ring (bicyclic) bond motifs is 1. The largest absolute Gasteiger partial charge is 0.494 e. The minimum Gasteiger partial charge on any atom is -0.494 e. The molecule has 0 amide bonds. The van der Waals surface area contributed by atoms with Crippen LogP contribution in [0.2, 0.25) is 0 Å². The summed E-state index contributed by atoms with van der Waals surface area (Å²) in [5.41, 5.74) is 3.74. The molecule has 0 bridgehead atoms. The molecule has 1 aromatic carbocycles. The lowest BCUT2D eigenvalue weighted by Crippen LogP contribution is -2.32. The monoisotopic (exact) mass is 461 g/mol. The number of anilines is 1. The van der Waals surface area contributed by atoms with E-state index < -0.39 is 0 Å². The van der Waals surface area contributed by atoms with Crippen LogP contribution in [-0.2, 0) is 6.54 Å². The maximum atomic E-state index is 14.9. The van der Waals surface area contributed by atoms with Crippen molar-refractivity contribution < 1.29 is 9.13 Å². The third-order valence-electron chi connectivity index (χ3n) is 6.23. The van der Waals surface area contributed by atoms with Crippen molar-refractivity contribution in [1.82, 2.24) is 30.3 Å². The Morgan fingerprint density at radius 3 is 2.82 bits per heavy atom. The van der Waals surface area contributed by atoms with Crippen LogP contribution in [-0.4, -0.2) is 50.7 Å². The second kappa shape index (κ2) is 9.34. The van der Waals surface area contributed by atoms with Crippen LogP contribution >= 0.6 is 0 Å². The lowest BCUT2D eigenvalue weighted by atomic mass is 10.2. The fourth-order valence-corrected chi connectivity index (χ4v) is 4.55. The summed E-state index contributed by atoms with van der Waals surface area (Å²) in [6, 6.07) is 11.1. The molecule has 0 aliphatic carbocycles. The van der Waals surface area contributed by atoms with E-state index in [2.05, 4.69) is 25.4 Å². The molecule has 1 N–H and O–H groups in total. The molecule has 0 spiro atoms. The van der Waals surface area contributed by atoms with Crippen LogP contribution in [0.1, 0.15) is 30.4 Å². The van der Waals surface area contributed by atoms with Crippen molar-refractivity contribution in [2.45, 2.75) is 39.8 Å². The maximum Gasteiger partial charge on any atom is 0.179 e. The van der Waals surface area contributed by atoms with E-state index in [1.807, 2.05) is 45.2 Å². The van der Waals surface area contributed by atoms with Crippen molar-refractivity contribution in [2.75, 3.05) is 24.6 Å². The second-order valence-electron chi connectivity index (χ2n) is 8.51. The van der Waals surface area contributed by atoms with Gasteiger partial charge in [0.25, 0.3) is 0 Å². The molecule has 4 aromatic rings. The van der Waals surface area contributed by atoms with Gasteiger partial charge < -0.3 is 15.0 Å². The number of hydrogen-bond donors (Lipinski definition) is 1. The Balaban J connectivity index is 1.43. The van der Waals surface area contributed by atoms with Gasteiger partial charge in [-0.3, -0.25) is 4.98 Å². The molecule has 34 heavy (non-hydrogen) atoms. The zero-order valence-corrected chi connectivity index (χ0v) is 19.6. The highest BCUT2D eigenvalue weighted by Crippen LogP contribution is 2.32. The number of pyridine rings is 1. The molecule has 4 heterocycles. The fraction of sp³-hybridized carbons (Fsp3) is 0.360.